The Morgan fingerprint density at radius 3 is 2.96 bits per heavy atom. The van der Waals surface area contributed by atoms with Crippen molar-refractivity contribution in [3.63, 3.8) is 0 Å². The molecule has 0 bridgehead atoms. The van der Waals surface area contributed by atoms with Gasteiger partial charge in [0.25, 0.3) is 5.91 Å². The van der Waals surface area contributed by atoms with E-state index in [0.717, 1.165) is 21.4 Å². The Kier molecular flexibility index (Phi) is 3.99. The number of pyridine rings is 1. The van der Waals surface area contributed by atoms with Gasteiger partial charge in [-0.2, -0.15) is 0 Å². The maximum Gasteiger partial charge on any atom is 0.259 e. The second kappa shape index (κ2) is 6.31. The van der Waals surface area contributed by atoms with E-state index in [4.69, 9.17) is 16.3 Å². The predicted octanol–water partition coefficient (Wildman–Crippen LogP) is 4.76. The van der Waals surface area contributed by atoms with Gasteiger partial charge in [-0.3, -0.25) is 15.1 Å². The minimum atomic E-state index is -0.294. The molecule has 2 heterocycles. The number of rotatable bonds is 3. The van der Waals surface area contributed by atoms with Crippen molar-refractivity contribution in [3.05, 3.63) is 59.4 Å². The molecule has 0 aliphatic carbocycles. The molecule has 0 saturated heterocycles. The maximum atomic E-state index is 12.7. The second-order valence-electron chi connectivity index (χ2n) is 5.33. The highest BCUT2D eigenvalue weighted by molar-refractivity contribution is 7.22. The smallest absolute Gasteiger partial charge is 0.259 e. The third kappa shape index (κ3) is 2.90. The zero-order valence-electron chi connectivity index (χ0n) is 13.1. The lowest BCUT2D eigenvalue weighted by Crippen LogP contribution is -2.12. The topological polar surface area (TPSA) is 64.1 Å². The van der Waals surface area contributed by atoms with Gasteiger partial charge in [0, 0.05) is 28.2 Å². The number of nitrogens with one attached hydrogen (secondary N) is 1. The van der Waals surface area contributed by atoms with Crippen LogP contribution < -0.4 is 10.1 Å². The molecule has 0 aliphatic rings. The molecule has 4 aromatic rings. The molecule has 25 heavy (non-hydrogen) atoms. The summed E-state index contributed by atoms with van der Waals surface area (Å²) in [5.41, 5.74) is 1.22. The van der Waals surface area contributed by atoms with E-state index in [9.17, 15) is 4.79 Å². The average Bonchev–Trinajstić information content (AvgIpc) is 3.02. The van der Waals surface area contributed by atoms with Crippen molar-refractivity contribution in [1.82, 2.24) is 9.97 Å². The van der Waals surface area contributed by atoms with E-state index in [1.807, 2.05) is 30.3 Å². The molecule has 2 aromatic heterocycles. The van der Waals surface area contributed by atoms with Crippen LogP contribution >= 0.6 is 22.9 Å². The van der Waals surface area contributed by atoms with E-state index in [1.54, 1.807) is 19.4 Å². The van der Waals surface area contributed by atoms with Crippen molar-refractivity contribution in [2.75, 3.05) is 12.4 Å². The Labute approximate surface area is 152 Å². The van der Waals surface area contributed by atoms with Crippen LogP contribution in [0.3, 0.4) is 0 Å². The Morgan fingerprint density at radius 1 is 1.24 bits per heavy atom. The molecule has 124 valence electrons. The van der Waals surface area contributed by atoms with Crippen molar-refractivity contribution in [2.24, 2.45) is 0 Å². The lowest BCUT2D eigenvalue weighted by atomic mass is 10.1. The highest BCUT2D eigenvalue weighted by Gasteiger charge is 2.15. The first-order valence-electron chi connectivity index (χ1n) is 7.44. The van der Waals surface area contributed by atoms with Gasteiger partial charge in [-0.1, -0.05) is 35.1 Å². The summed E-state index contributed by atoms with van der Waals surface area (Å²) < 4.78 is 6.15. The number of ether oxygens (including phenoxy) is 1. The summed E-state index contributed by atoms with van der Waals surface area (Å²) in [6, 6.07) is 11.0. The van der Waals surface area contributed by atoms with Crippen LogP contribution in [-0.4, -0.2) is 23.0 Å². The number of amides is 1. The standard InChI is InChI=1S/C18H12ClN3O2S/c1-24-11-5-6-14-15(7-11)25-18(21-14)22-17(23)12-9-20-8-10-3-2-4-13(19)16(10)12/h2-9H,1H3,(H,21,22,23). The fraction of sp³-hybridized carbons (Fsp3) is 0.0556. The largest absolute Gasteiger partial charge is 0.497 e. The molecule has 4 rings (SSSR count). The minimum absolute atomic E-state index is 0.294. The van der Waals surface area contributed by atoms with Crippen molar-refractivity contribution in [2.45, 2.75) is 0 Å². The molecular formula is C18H12ClN3O2S. The molecular weight excluding hydrogens is 358 g/mol. The predicted molar refractivity (Wildman–Crippen MR) is 101 cm³/mol. The van der Waals surface area contributed by atoms with Crippen LogP contribution in [0.1, 0.15) is 10.4 Å². The normalized spacial score (nSPS) is 11.0. The number of anilines is 1. The van der Waals surface area contributed by atoms with Crippen molar-refractivity contribution >= 4 is 55.0 Å². The van der Waals surface area contributed by atoms with Crippen molar-refractivity contribution < 1.29 is 9.53 Å². The summed E-state index contributed by atoms with van der Waals surface area (Å²) in [5.74, 6) is 0.455. The van der Waals surface area contributed by atoms with Crippen LogP contribution in [0.4, 0.5) is 5.13 Å². The number of carbonyl (C=O) groups excluding carboxylic acids is 1. The molecule has 2 aromatic carbocycles. The Bertz CT molecular complexity index is 1100. The van der Waals surface area contributed by atoms with Gasteiger partial charge in [-0.25, -0.2) is 4.98 Å². The summed E-state index contributed by atoms with van der Waals surface area (Å²) in [7, 11) is 1.61. The molecule has 1 N–H and O–H groups in total. The van der Waals surface area contributed by atoms with Crippen LogP contribution in [0.25, 0.3) is 21.0 Å². The Hall–Kier alpha value is -2.70. The SMILES string of the molecule is COc1ccc2nc(NC(=O)c3cncc4cccc(Cl)c34)sc2c1. The number of halogens is 1. The minimum Gasteiger partial charge on any atom is -0.497 e. The third-order valence-corrected chi connectivity index (χ3v) is 5.04. The molecule has 0 fully saturated rings. The Morgan fingerprint density at radius 2 is 2.12 bits per heavy atom. The van der Waals surface area contributed by atoms with E-state index < -0.39 is 0 Å². The van der Waals surface area contributed by atoms with Crippen LogP contribution in [0.2, 0.25) is 5.02 Å². The first-order chi connectivity index (χ1) is 12.2. The highest BCUT2D eigenvalue weighted by Crippen LogP contribution is 2.31. The highest BCUT2D eigenvalue weighted by atomic mass is 35.5. The number of hydrogen-bond acceptors (Lipinski definition) is 5. The summed E-state index contributed by atoms with van der Waals surface area (Å²) in [6.07, 6.45) is 3.20. The van der Waals surface area contributed by atoms with Crippen LogP contribution in [0, 0.1) is 0 Å². The molecule has 0 radical (unpaired) electrons. The molecule has 0 spiro atoms. The first kappa shape index (κ1) is 15.8. The van der Waals surface area contributed by atoms with Crippen LogP contribution in [-0.2, 0) is 0 Å². The summed E-state index contributed by atoms with van der Waals surface area (Å²) in [6.45, 7) is 0. The molecule has 0 atom stereocenters. The first-order valence-corrected chi connectivity index (χ1v) is 8.63. The number of methoxy groups -OCH3 is 1. The average molecular weight is 370 g/mol. The van der Waals surface area contributed by atoms with Crippen LogP contribution in [0.5, 0.6) is 5.75 Å². The molecule has 5 nitrogen and oxygen atoms in total. The summed E-state index contributed by atoms with van der Waals surface area (Å²) >= 11 is 7.66. The number of nitrogens with zero attached hydrogens (tertiary/aromatic N) is 2. The fourth-order valence-electron chi connectivity index (χ4n) is 2.61. The van der Waals surface area contributed by atoms with E-state index >= 15 is 0 Å². The molecule has 0 unspecified atom stereocenters. The second-order valence-corrected chi connectivity index (χ2v) is 6.77. The van der Waals surface area contributed by atoms with Gasteiger partial charge < -0.3 is 4.74 Å². The van der Waals surface area contributed by atoms with Crippen LogP contribution in [0.15, 0.2) is 48.8 Å². The van der Waals surface area contributed by atoms with Gasteiger partial charge in [-0.05, 0) is 24.3 Å². The number of aromatic nitrogens is 2. The summed E-state index contributed by atoms with van der Waals surface area (Å²) in [5, 5.41) is 5.35. The summed E-state index contributed by atoms with van der Waals surface area (Å²) in [4.78, 5) is 21.3. The number of fused-ring (bicyclic) bond motifs is 2. The van der Waals surface area contributed by atoms with Gasteiger partial charge in [0.05, 0.1) is 22.9 Å². The number of thiazole rings is 1. The zero-order valence-corrected chi connectivity index (χ0v) is 14.7. The van der Waals surface area contributed by atoms with E-state index in [2.05, 4.69) is 15.3 Å². The number of benzene rings is 2. The lowest BCUT2D eigenvalue weighted by Gasteiger charge is -2.07. The zero-order chi connectivity index (χ0) is 17.4. The molecule has 0 saturated carbocycles. The van der Waals surface area contributed by atoms with Gasteiger partial charge in [0.2, 0.25) is 0 Å². The van der Waals surface area contributed by atoms with Crippen molar-refractivity contribution in [1.29, 1.82) is 0 Å². The van der Waals surface area contributed by atoms with Gasteiger partial charge in [0.15, 0.2) is 5.13 Å². The monoisotopic (exact) mass is 369 g/mol. The van der Waals surface area contributed by atoms with Crippen molar-refractivity contribution in [3.8, 4) is 5.75 Å². The Balaban J connectivity index is 1.71. The quantitative estimate of drug-likeness (QED) is 0.565. The van der Waals surface area contributed by atoms with Gasteiger partial charge in [-0.15, -0.1) is 0 Å². The van der Waals surface area contributed by atoms with E-state index in [-0.39, 0.29) is 5.91 Å². The fourth-order valence-corrected chi connectivity index (χ4v) is 3.78. The van der Waals surface area contributed by atoms with E-state index in [0.29, 0.717) is 21.1 Å². The molecule has 0 aliphatic heterocycles. The number of carbonyl (C=O) groups is 1. The molecule has 7 heteroatoms. The van der Waals surface area contributed by atoms with Gasteiger partial charge in [0.1, 0.15) is 5.75 Å². The maximum absolute atomic E-state index is 12.7. The number of hydrogen-bond donors (Lipinski definition) is 1. The van der Waals surface area contributed by atoms with E-state index in [1.165, 1.54) is 17.5 Å². The molecule has 1 amide bonds. The van der Waals surface area contributed by atoms with Gasteiger partial charge >= 0.3 is 0 Å². The lowest BCUT2D eigenvalue weighted by molar-refractivity contribution is 0.102. The third-order valence-electron chi connectivity index (χ3n) is 3.79.